The number of guanidine groups is 1. The van der Waals surface area contributed by atoms with Gasteiger partial charge in [-0.2, -0.15) is 5.10 Å². The third-order valence-corrected chi connectivity index (χ3v) is 4.85. The van der Waals surface area contributed by atoms with Gasteiger partial charge >= 0.3 is 0 Å². The number of aliphatic imine (C=N–C) groups is 1. The smallest absolute Gasteiger partial charge is 0.194 e. The second-order valence-corrected chi connectivity index (χ2v) is 6.71. The Bertz CT molecular complexity index is 786. The molecule has 1 N–H and O–H groups in total. The fourth-order valence-corrected chi connectivity index (χ4v) is 3.55. The summed E-state index contributed by atoms with van der Waals surface area (Å²) in [6, 6.07) is 0. The lowest BCUT2D eigenvalue weighted by Gasteiger charge is -2.34. The third-order valence-electron chi connectivity index (χ3n) is 4.85. The molecule has 1 atom stereocenters. The maximum absolute atomic E-state index is 5.94. The van der Waals surface area contributed by atoms with E-state index >= 15 is 0 Å². The van der Waals surface area contributed by atoms with Crippen molar-refractivity contribution >= 4 is 29.9 Å². The van der Waals surface area contributed by atoms with Crippen LogP contribution in [0.15, 0.2) is 17.4 Å². The summed E-state index contributed by atoms with van der Waals surface area (Å²) in [6.07, 6.45) is 6.07. The summed E-state index contributed by atoms with van der Waals surface area (Å²) < 4.78 is 9.95. The number of aryl methyl sites for hydroxylation is 2. The second-order valence-electron chi connectivity index (χ2n) is 6.71. The molecule has 2 aromatic heterocycles. The Labute approximate surface area is 176 Å². The van der Waals surface area contributed by atoms with Crippen molar-refractivity contribution in [1.29, 1.82) is 0 Å². The second kappa shape index (κ2) is 9.00. The summed E-state index contributed by atoms with van der Waals surface area (Å²) in [5, 5.41) is 16.2. The van der Waals surface area contributed by atoms with E-state index in [9.17, 15) is 0 Å². The molecule has 1 unspecified atom stereocenters. The van der Waals surface area contributed by atoms with Crippen molar-refractivity contribution in [1.82, 2.24) is 34.8 Å². The molecule has 2 aliphatic rings. The predicted molar refractivity (Wildman–Crippen MR) is 112 cm³/mol. The van der Waals surface area contributed by atoms with Crippen molar-refractivity contribution < 1.29 is 4.74 Å². The molecular formula is C17H27IN8O. The van der Waals surface area contributed by atoms with Crippen LogP contribution in [0, 0.1) is 0 Å². The quantitative estimate of drug-likeness (QED) is 0.396. The largest absolute Gasteiger partial charge is 0.370 e. The number of hydrogen-bond donors (Lipinski definition) is 1. The van der Waals surface area contributed by atoms with E-state index in [1.54, 1.807) is 0 Å². The molecule has 0 amide bonds. The van der Waals surface area contributed by atoms with E-state index in [0.29, 0.717) is 13.2 Å². The minimum atomic E-state index is 0. The monoisotopic (exact) mass is 486 g/mol. The van der Waals surface area contributed by atoms with E-state index in [2.05, 4.69) is 37.0 Å². The maximum atomic E-state index is 5.94. The fourth-order valence-electron chi connectivity index (χ4n) is 3.55. The Kier molecular flexibility index (Phi) is 6.68. The normalized spacial score (nSPS) is 19.7. The van der Waals surface area contributed by atoms with E-state index in [1.807, 2.05) is 24.1 Å². The Balaban J connectivity index is 0.00000210. The summed E-state index contributed by atoms with van der Waals surface area (Å²) in [4.78, 5) is 7.08. The zero-order valence-electron chi connectivity index (χ0n) is 15.8. The average molecular weight is 486 g/mol. The van der Waals surface area contributed by atoms with Crippen LogP contribution in [0.25, 0.3) is 0 Å². The number of nitrogens with one attached hydrogen (secondary N) is 1. The van der Waals surface area contributed by atoms with Crippen molar-refractivity contribution in [3.63, 3.8) is 0 Å². The molecule has 9 nitrogen and oxygen atoms in total. The van der Waals surface area contributed by atoms with Crippen LogP contribution >= 0.6 is 24.0 Å². The van der Waals surface area contributed by atoms with E-state index in [-0.39, 0.29) is 30.1 Å². The molecule has 0 radical (unpaired) electrons. The minimum absolute atomic E-state index is 0. The van der Waals surface area contributed by atoms with Crippen molar-refractivity contribution in [2.45, 2.75) is 39.0 Å². The summed E-state index contributed by atoms with van der Waals surface area (Å²) in [5.41, 5.74) is 1.10. The van der Waals surface area contributed by atoms with Gasteiger partial charge in [0.25, 0.3) is 0 Å². The predicted octanol–water partition coefficient (Wildman–Crippen LogP) is 1.11. The van der Waals surface area contributed by atoms with Gasteiger partial charge in [-0.15, -0.1) is 34.2 Å². The number of halogens is 1. The molecule has 0 bridgehead atoms. The molecule has 2 aromatic rings. The molecule has 148 valence electrons. The first-order valence-electron chi connectivity index (χ1n) is 9.29. The molecule has 27 heavy (non-hydrogen) atoms. The number of fused-ring (bicyclic) bond motifs is 1. The van der Waals surface area contributed by atoms with Crippen LogP contribution in [-0.4, -0.2) is 61.6 Å². The summed E-state index contributed by atoms with van der Waals surface area (Å²) >= 11 is 0. The number of morpholine rings is 1. The number of rotatable bonds is 4. The summed E-state index contributed by atoms with van der Waals surface area (Å²) in [5.74, 6) is 2.94. The van der Waals surface area contributed by atoms with Crippen LogP contribution < -0.4 is 5.32 Å². The van der Waals surface area contributed by atoms with Gasteiger partial charge < -0.3 is 19.5 Å². The van der Waals surface area contributed by atoms with Gasteiger partial charge in [-0.25, -0.2) is 4.99 Å². The van der Waals surface area contributed by atoms with Crippen LogP contribution in [0.1, 0.15) is 36.7 Å². The Morgan fingerprint density at radius 2 is 2.26 bits per heavy atom. The number of hydrogen-bond acceptors (Lipinski definition) is 5. The molecule has 2 aliphatic heterocycles. The van der Waals surface area contributed by atoms with Crippen LogP contribution in [0.5, 0.6) is 0 Å². The lowest BCUT2D eigenvalue weighted by Crippen LogP contribution is -2.48. The maximum Gasteiger partial charge on any atom is 0.194 e. The van der Waals surface area contributed by atoms with E-state index in [1.165, 1.54) is 0 Å². The molecule has 0 spiro atoms. The van der Waals surface area contributed by atoms with Crippen molar-refractivity contribution in [2.24, 2.45) is 12.0 Å². The zero-order chi connectivity index (χ0) is 17.9. The van der Waals surface area contributed by atoms with Gasteiger partial charge in [0.2, 0.25) is 0 Å². The van der Waals surface area contributed by atoms with Gasteiger partial charge in [0, 0.05) is 44.9 Å². The first-order valence-corrected chi connectivity index (χ1v) is 9.29. The van der Waals surface area contributed by atoms with E-state index in [4.69, 9.17) is 9.73 Å². The Morgan fingerprint density at radius 3 is 3.04 bits per heavy atom. The number of nitrogens with zero attached hydrogens (tertiary/aromatic N) is 7. The van der Waals surface area contributed by atoms with Gasteiger partial charge in [0.15, 0.2) is 11.8 Å². The number of aromatic nitrogens is 5. The summed E-state index contributed by atoms with van der Waals surface area (Å²) in [7, 11) is 1.92. The molecule has 1 saturated heterocycles. The highest BCUT2D eigenvalue weighted by atomic mass is 127. The molecular weight excluding hydrogens is 459 g/mol. The first-order chi connectivity index (χ1) is 12.7. The topological polar surface area (TPSA) is 85.4 Å². The molecule has 1 fully saturated rings. The highest BCUT2D eigenvalue weighted by Gasteiger charge is 2.25. The Hall–Kier alpha value is -1.69. The molecule has 10 heteroatoms. The van der Waals surface area contributed by atoms with Crippen LogP contribution in [0.3, 0.4) is 0 Å². The minimum Gasteiger partial charge on any atom is -0.370 e. The average Bonchev–Trinajstić information content (AvgIpc) is 3.36. The van der Waals surface area contributed by atoms with E-state index in [0.717, 1.165) is 62.2 Å². The van der Waals surface area contributed by atoms with Crippen LogP contribution in [-0.2, 0) is 31.3 Å². The van der Waals surface area contributed by atoms with E-state index < -0.39 is 0 Å². The standard InChI is InChI=1S/C17H26N8O.HI/c1-3-18-17(19-10-16-22-21-15-5-4-6-25(15)16)24-7-8-26-14(12-24)13-9-20-23(2)11-13;/h9,11,14H,3-8,10,12H2,1-2H3,(H,18,19);1H. The summed E-state index contributed by atoms with van der Waals surface area (Å²) in [6.45, 7) is 6.71. The van der Waals surface area contributed by atoms with Gasteiger partial charge in [0.1, 0.15) is 18.5 Å². The molecule has 0 aliphatic carbocycles. The SMILES string of the molecule is CCNC(=NCc1nnc2n1CCC2)N1CCOC(c2cnn(C)c2)C1.I. The van der Waals surface area contributed by atoms with Gasteiger partial charge in [-0.1, -0.05) is 0 Å². The molecule has 4 heterocycles. The third kappa shape index (κ3) is 4.42. The molecule has 0 saturated carbocycles. The van der Waals surface area contributed by atoms with Gasteiger partial charge in [-0.3, -0.25) is 4.68 Å². The van der Waals surface area contributed by atoms with Crippen molar-refractivity contribution in [3.05, 3.63) is 29.6 Å². The molecule has 0 aromatic carbocycles. The van der Waals surface area contributed by atoms with Crippen molar-refractivity contribution in [2.75, 3.05) is 26.2 Å². The highest BCUT2D eigenvalue weighted by molar-refractivity contribution is 14.0. The van der Waals surface area contributed by atoms with Gasteiger partial charge in [-0.05, 0) is 13.3 Å². The highest BCUT2D eigenvalue weighted by Crippen LogP contribution is 2.22. The van der Waals surface area contributed by atoms with Crippen LogP contribution in [0.4, 0.5) is 0 Å². The van der Waals surface area contributed by atoms with Crippen LogP contribution in [0.2, 0.25) is 0 Å². The molecule has 4 rings (SSSR count). The van der Waals surface area contributed by atoms with Gasteiger partial charge in [0.05, 0.1) is 19.3 Å². The lowest BCUT2D eigenvalue weighted by atomic mass is 10.1. The fraction of sp³-hybridized carbons (Fsp3) is 0.647. The lowest BCUT2D eigenvalue weighted by molar-refractivity contribution is -0.00805. The zero-order valence-corrected chi connectivity index (χ0v) is 18.2. The van der Waals surface area contributed by atoms with Crippen molar-refractivity contribution in [3.8, 4) is 0 Å². The Morgan fingerprint density at radius 1 is 1.37 bits per heavy atom. The first kappa shape index (κ1) is 20.1. The number of ether oxygens (including phenoxy) is 1.